The molecule has 0 saturated carbocycles. The largest absolute Gasteiger partial charge is 0.493 e. The Morgan fingerprint density at radius 2 is 1.86 bits per heavy atom. The Labute approximate surface area is 227 Å². The first-order valence-corrected chi connectivity index (χ1v) is 13.9. The second kappa shape index (κ2) is 12.1. The number of ketones is 1. The van der Waals surface area contributed by atoms with Gasteiger partial charge in [0.25, 0.3) is 0 Å². The lowest BCUT2D eigenvalue weighted by atomic mass is 9.71. The molecule has 0 bridgehead atoms. The van der Waals surface area contributed by atoms with Gasteiger partial charge in [-0.15, -0.1) is 0 Å². The Balaban J connectivity index is 1.71. The minimum Gasteiger partial charge on any atom is -0.493 e. The molecule has 1 aliphatic carbocycles. The first-order chi connectivity index (χ1) is 17.9. The normalized spacial score (nSPS) is 19.3. The topological polar surface area (TPSA) is 73.9 Å². The van der Waals surface area contributed by atoms with Gasteiger partial charge in [0.1, 0.15) is 6.61 Å². The molecular formula is C29H32ClNO5S. The monoisotopic (exact) mass is 541 g/mol. The zero-order valence-electron chi connectivity index (χ0n) is 21.6. The lowest BCUT2D eigenvalue weighted by Gasteiger charge is -2.36. The number of hydrogen-bond donors (Lipinski definition) is 1. The van der Waals surface area contributed by atoms with Crippen molar-refractivity contribution in [2.24, 2.45) is 0 Å². The average Bonchev–Trinajstić information content (AvgIpc) is 2.89. The van der Waals surface area contributed by atoms with Gasteiger partial charge in [0.15, 0.2) is 17.3 Å². The summed E-state index contributed by atoms with van der Waals surface area (Å²) in [5.41, 5.74) is 4.39. The van der Waals surface area contributed by atoms with Crippen molar-refractivity contribution in [1.82, 2.24) is 5.32 Å². The summed E-state index contributed by atoms with van der Waals surface area (Å²) in [5.74, 6) is 1.96. The molecule has 0 fully saturated rings. The molecular weight excluding hydrogens is 510 g/mol. The van der Waals surface area contributed by atoms with Crippen LogP contribution in [-0.2, 0) is 14.3 Å². The maximum atomic E-state index is 13.8. The fourth-order valence-corrected chi connectivity index (χ4v) is 5.78. The molecule has 2 aromatic carbocycles. The van der Waals surface area contributed by atoms with Crippen molar-refractivity contribution in [3.8, 4) is 11.5 Å². The van der Waals surface area contributed by atoms with Crippen LogP contribution >= 0.6 is 23.4 Å². The number of dihydropyridines is 1. The number of Topliss-reactive ketones (excluding diaryl/α,β-unsaturated/α-hetero) is 1. The van der Waals surface area contributed by atoms with Crippen LogP contribution in [-0.4, -0.2) is 44.1 Å². The minimum absolute atomic E-state index is 0.00199. The third-order valence-corrected chi connectivity index (χ3v) is 7.87. The molecule has 0 aromatic heterocycles. The molecule has 0 spiro atoms. The summed E-state index contributed by atoms with van der Waals surface area (Å²) >= 11 is 8.05. The van der Waals surface area contributed by atoms with Crippen LogP contribution in [0, 0.1) is 0 Å². The van der Waals surface area contributed by atoms with Gasteiger partial charge >= 0.3 is 5.97 Å². The van der Waals surface area contributed by atoms with Crippen LogP contribution < -0.4 is 14.8 Å². The van der Waals surface area contributed by atoms with E-state index in [1.54, 1.807) is 32.0 Å². The highest BCUT2D eigenvalue weighted by atomic mass is 35.5. The van der Waals surface area contributed by atoms with Crippen LogP contribution in [0.3, 0.4) is 0 Å². The van der Waals surface area contributed by atoms with Gasteiger partial charge < -0.3 is 19.5 Å². The van der Waals surface area contributed by atoms with E-state index in [1.165, 1.54) is 0 Å². The van der Waals surface area contributed by atoms with Crippen molar-refractivity contribution >= 4 is 35.1 Å². The van der Waals surface area contributed by atoms with E-state index >= 15 is 0 Å². The number of benzene rings is 2. The maximum absolute atomic E-state index is 13.8. The number of esters is 1. The maximum Gasteiger partial charge on any atom is 0.336 e. The zero-order chi connectivity index (χ0) is 26.5. The number of ether oxygens (including phenoxy) is 3. The molecule has 0 saturated heterocycles. The van der Waals surface area contributed by atoms with Crippen LogP contribution in [0.4, 0.5) is 0 Å². The Bertz CT molecular complexity index is 1250. The van der Waals surface area contributed by atoms with E-state index in [4.69, 9.17) is 25.8 Å². The highest BCUT2D eigenvalue weighted by Crippen LogP contribution is 2.46. The van der Waals surface area contributed by atoms with Gasteiger partial charge in [0.2, 0.25) is 0 Å². The summed E-state index contributed by atoms with van der Waals surface area (Å²) in [7, 11) is 3.20. The number of allylic oxidation sites excluding steroid dienone is 3. The van der Waals surface area contributed by atoms with Gasteiger partial charge in [-0.05, 0) is 60.4 Å². The number of halogens is 1. The number of carbonyl (C=O) groups is 2. The Morgan fingerprint density at radius 1 is 1.08 bits per heavy atom. The van der Waals surface area contributed by atoms with Crippen molar-refractivity contribution in [2.75, 3.05) is 32.3 Å². The van der Waals surface area contributed by atoms with Crippen LogP contribution in [0.15, 0.2) is 65.0 Å². The molecule has 8 heteroatoms. The number of nitrogens with one attached hydrogen (secondary N) is 1. The molecule has 6 nitrogen and oxygen atoms in total. The molecule has 0 radical (unpaired) electrons. The average molecular weight is 542 g/mol. The summed E-state index contributed by atoms with van der Waals surface area (Å²) in [6.07, 6.45) is 0.946. The van der Waals surface area contributed by atoms with Crippen LogP contribution in [0.2, 0.25) is 5.02 Å². The number of thioether (sulfide) groups is 1. The smallest absolute Gasteiger partial charge is 0.336 e. The Kier molecular flexibility index (Phi) is 8.87. The van der Waals surface area contributed by atoms with Crippen molar-refractivity contribution < 1.29 is 23.8 Å². The summed E-state index contributed by atoms with van der Waals surface area (Å²) in [4.78, 5) is 27.1. The van der Waals surface area contributed by atoms with Gasteiger partial charge in [0, 0.05) is 40.1 Å². The second-order valence-electron chi connectivity index (χ2n) is 9.02. The van der Waals surface area contributed by atoms with Gasteiger partial charge in [-0.3, -0.25) is 4.79 Å². The van der Waals surface area contributed by atoms with Crippen molar-refractivity contribution in [1.29, 1.82) is 0 Å². The second-order valence-corrected chi connectivity index (χ2v) is 10.8. The lowest BCUT2D eigenvalue weighted by Crippen LogP contribution is -2.36. The van der Waals surface area contributed by atoms with E-state index in [0.717, 1.165) is 28.3 Å². The van der Waals surface area contributed by atoms with E-state index in [2.05, 4.69) is 12.2 Å². The predicted octanol–water partition coefficient (Wildman–Crippen LogP) is 6.02. The molecule has 1 heterocycles. The van der Waals surface area contributed by atoms with Crippen molar-refractivity contribution in [3.05, 3.63) is 81.2 Å². The molecule has 0 amide bonds. The Hall–Kier alpha value is -2.90. The fourth-order valence-electron chi connectivity index (χ4n) is 5.09. The summed E-state index contributed by atoms with van der Waals surface area (Å²) in [5, 5.41) is 3.94. The molecule has 1 N–H and O–H groups in total. The van der Waals surface area contributed by atoms with Gasteiger partial charge in [-0.1, -0.05) is 36.7 Å². The quantitative estimate of drug-likeness (QED) is 0.307. The van der Waals surface area contributed by atoms with Gasteiger partial charge in [0.05, 0.1) is 19.8 Å². The third-order valence-electron chi connectivity index (χ3n) is 6.77. The third kappa shape index (κ3) is 5.83. The van der Waals surface area contributed by atoms with E-state index in [1.807, 2.05) is 43.3 Å². The van der Waals surface area contributed by atoms with Crippen LogP contribution in [0.25, 0.3) is 0 Å². The molecule has 2 aromatic rings. The number of hydrogen-bond acceptors (Lipinski definition) is 7. The number of methoxy groups -OCH3 is 2. The fraction of sp³-hybridized carbons (Fsp3) is 0.379. The van der Waals surface area contributed by atoms with E-state index in [9.17, 15) is 9.59 Å². The molecule has 1 aliphatic heterocycles. The zero-order valence-corrected chi connectivity index (χ0v) is 23.1. The van der Waals surface area contributed by atoms with E-state index in [-0.39, 0.29) is 11.7 Å². The van der Waals surface area contributed by atoms with Crippen LogP contribution in [0.5, 0.6) is 11.5 Å². The van der Waals surface area contributed by atoms with Gasteiger partial charge in [-0.25, -0.2) is 4.79 Å². The molecule has 37 heavy (non-hydrogen) atoms. The molecule has 4 rings (SSSR count). The summed E-state index contributed by atoms with van der Waals surface area (Å²) < 4.78 is 16.5. The minimum atomic E-state index is -0.542. The summed E-state index contributed by atoms with van der Waals surface area (Å²) in [6, 6.07) is 13.1. The molecule has 2 atom stereocenters. The highest BCUT2D eigenvalue weighted by molar-refractivity contribution is 7.99. The SMILES string of the molecule is CCSCCOC(=O)C1=C(C)NC2=C(C(=O)CC(c3ccc(OC)c(OC)c3)C2)C1c1cccc(Cl)c1. The first kappa shape index (κ1) is 27.1. The van der Waals surface area contributed by atoms with E-state index in [0.29, 0.717) is 52.8 Å². The number of rotatable bonds is 9. The summed E-state index contributed by atoms with van der Waals surface area (Å²) in [6.45, 7) is 4.25. The molecule has 2 aliphatic rings. The number of carbonyl (C=O) groups excluding carboxylic acids is 2. The Morgan fingerprint density at radius 3 is 2.57 bits per heavy atom. The van der Waals surface area contributed by atoms with E-state index < -0.39 is 11.9 Å². The van der Waals surface area contributed by atoms with Gasteiger partial charge in [-0.2, -0.15) is 11.8 Å². The standard InChI is InChI=1S/C29H32ClNO5S/c1-5-37-12-11-36-29(33)26-17(2)31-22-14-20(18-9-10-24(34-3)25(16-18)35-4)15-23(32)28(22)27(26)19-7-6-8-21(30)13-19/h6-10,13,16,20,27,31H,5,11-12,14-15H2,1-4H3. The van der Waals surface area contributed by atoms with Crippen molar-refractivity contribution in [3.63, 3.8) is 0 Å². The highest BCUT2D eigenvalue weighted by Gasteiger charge is 2.41. The van der Waals surface area contributed by atoms with Crippen molar-refractivity contribution in [2.45, 2.75) is 38.5 Å². The molecule has 2 unspecified atom stereocenters. The first-order valence-electron chi connectivity index (χ1n) is 12.3. The van der Waals surface area contributed by atoms with Crippen LogP contribution in [0.1, 0.15) is 49.7 Å². The molecule has 196 valence electrons. The lowest BCUT2D eigenvalue weighted by molar-refractivity contribution is -0.138. The predicted molar refractivity (Wildman–Crippen MR) is 148 cm³/mol.